The molecule has 0 aliphatic heterocycles. The van der Waals surface area contributed by atoms with E-state index in [1.165, 1.54) is 152 Å². The maximum Gasteiger partial charge on any atom is 0.530 e. The Morgan fingerprint density at radius 3 is 0.727 bits per heavy atom. The summed E-state index contributed by atoms with van der Waals surface area (Å²) >= 11 is 0. The lowest BCUT2D eigenvalue weighted by Gasteiger charge is -2.24. The van der Waals surface area contributed by atoms with Crippen molar-refractivity contribution in [2.75, 3.05) is 0 Å². The topological polar surface area (TPSA) is 27.7 Å². The van der Waals surface area contributed by atoms with E-state index in [1.54, 1.807) is 0 Å². The summed E-state index contributed by atoms with van der Waals surface area (Å²) in [5, 5.41) is 0. The summed E-state index contributed by atoms with van der Waals surface area (Å²) < 4.78 is 20.6. The normalized spacial score (nSPS) is 11.5. The van der Waals surface area contributed by atoms with Crippen LogP contribution in [0.15, 0.2) is 36.4 Å². The average molecular weight is 773 g/mol. The Labute approximate surface area is 341 Å². The van der Waals surface area contributed by atoms with Crippen LogP contribution in [0.4, 0.5) is 0 Å². The lowest BCUT2D eigenvalue weighted by atomic mass is 10.0. The molecule has 4 heteroatoms. The lowest BCUT2D eigenvalue weighted by Crippen LogP contribution is -2.08. The molecule has 0 saturated heterocycles. The molecule has 0 amide bonds. The summed E-state index contributed by atoms with van der Waals surface area (Å²) in [5.41, 5.74) is 11.1. The van der Waals surface area contributed by atoms with E-state index in [9.17, 15) is 0 Å². The van der Waals surface area contributed by atoms with E-state index in [1.807, 2.05) is 0 Å². The van der Waals surface area contributed by atoms with Crippen LogP contribution in [-0.2, 0) is 19.3 Å². The average Bonchev–Trinajstić information content (AvgIpc) is 3.14. The summed E-state index contributed by atoms with van der Waals surface area (Å²) in [5.74, 6) is 2.64. The second-order valence-electron chi connectivity index (χ2n) is 16.8. The minimum absolute atomic E-state index is 0.881. The summed E-state index contributed by atoms with van der Waals surface area (Å²) in [6.07, 6.45) is 31.2. The predicted octanol–water partition coefficient (Wildman–Crippen LogP) is 17.2. The Morgan fingerprint density at radius 1 is 0.309 bits per heavy atom. The van der Waals surface area contributed by atoms with Gasteiger partial charge in [-0.3, -0.25) is 0 Å². The second-order valence-corrected chi connectivity index (χ2v) is 17.8. The SMILES string of the molecule is CCCCCCCCCc1cc(C)c(OP(Oc2c(C)cc(CCCCCCCCC)cc2C)Oc2c(C)cc(CCCCCCCCC)cc2C)c(C)c1. The molecule has 3 aromatic rings. The smallest absolute Gasteiger partial charge is 0.408 e. The largest absolute Gasteiger partial charge is 0.530 e. The van der Waals surface area contributed by atoms with Crippen molar-refractivity contribution >= 4 is 8.60 Å². The zero-order chi connectivity index (χ0) is 39.8. The highest BCUT2D eigenvalue weighted by atomic mass is 31.2. The molecule has 0 aromatic heterocycles. The third kappa shape index (κ3) is 17.7. The van der Waals surface area contributed by atoms with Gasteiger partial charge in [-0.05, 0) is 130 Å². The molecule has 0 saturated carbocycles. The highest BCUT2D eigenvalue weighted by Crippen LogP contribution is 2.48. The summed E-state index contributed by atoms with van der Waals surface area (Å²) in [4.78, 5) is 0. The molecule has 3 rings (SSSR count). The van der Waals surface area contributed by atoms with E-state index in [4.69, 9.17) is 13.6 Å². The van der Waals surface area contributed by atoms with Crippen LogP contribution in [0.1, 0.15) is 206 Å². The van der Waals surface area contributed by atoms with Gasteiger partial charge in [0, 0.05) is 0 Å². The Morgan fingerprint density at radius 2 is 0.509 bits per heavy atom. The fraction of sp³-hybridized carbons (Fsp3) is 0.647. The fourth-order valence-electron chi connectivity index (χ4n) is 8.12. The molecule has 0 atom stereocenters. The molecule has 0 aliphatic rings. The van der Waals surface area contributed by atoms with Crippen LogP contribution in [-0.4, -0.2) is 0 Å². The minimum Gasteiger partial charge on any atom is -0.408 e. The van der Waals surface area contributed by atoms with Crippen LogP contribution in [0.5, 0.6) is 17.2 Å². The highest BCUT2D eigenvalue weighted by molar-refractivity contribution is 7.43. The van der Waals surface area contributed by atoms with Crippen molar-refractivity contribution in [2.45, 2.75) is 216 Å². The summed E-state index contributed by atoms with van der Waals surface area (Å²) in [6.45, 7) is 19.9. The van der Waals surface area contributed by atoms with Gasteiger partial charge >= 0.3 is 8.60 Å². The minimum atomic E-state index is -1.78. The Bertz CT molecular complexity index is 1260. The van der Waals surface area contributed by atoms with Crippen molar-refractivity contribution in [3.63, 3.8) is 0 Å². The molecule has 308 valence electrons. The zero-order valence-corrected chi connectivity index (χ0v) is 38.0. The van der Waals surface area contributed by atoms with Gasteiger partial charge in [-0.25, -0.2) is 0 Å². The van der Waals surface area contributed by atoms with Gasteiger partial charge in [0.1, 0.15) is 17.2 Å². The predicted molar refractivity (Wildman–Crippen MR) is 242 cm³/mol. The molecule has 0 heterocycles. The third-order valence-corrected chi connectivity index (χ3v) is 12.3. The van der Waals surface area contributed by atoms with Crippen molar-refractivity contribution in [1.82, 2.24) is 0 Å². The molecular weight excluding hydrogens is 692 g/mol. The number of rotatable bonds is 30. The van der Waals surface area contributed by atoms with Gasteiger partial charge in [0.25, 0.3) is 0 Å². The maximum absolute atomic E-state index is 6.86. The van der Waals surface area contributed by atoms with E-state index in [0.717, 1.165) is 69.9 Å². The van der Waals surface area contributed by atoms with Crippen molar-refractivity contribution in [2.24, 2.45) is 0 Å². The van der Waals surface area contributed by atoms with Gasteiger partial charge < -0.3 is 13.6 Å². The molecule has 0 fully saturated rings. The van der Waals surface area contributed by atoms with Gasteiger partial charge in [0.05, 0.1) is 0 Å². The molecule has 0 bridgehead atoms. The Kier molecular flexibility index (Phi) is 23.2. The summed E-state index contributed by atoms with van der Waals surface area (Å²) in [7, 11) is -1.78. The third-order valence-electron chi connectivity index (χ3n) is 11.3. The van der Waals surface area contributed by atoms with Gasteiger partial charge in [0.15, 0.2) is 0 Å². The van der Waals surface area contributed by atoms with Crippen LogP contribution in [0.3, 0.4) is 0 Å². The van der Waals surface area contributed by atoms with Crippen molar-refractivity contribution in [3.8, 4) is 17.2 Å². The molecule has 3 nitrogen and oxygen atoms in total. The van der Waals surface area contributed by atoms with Gasteiger partial charge in [-0.15, -0.1) is 0 Å². The molecule has 3 aromatic carbocycles. The zero-order valence-electron chi connectivity index (χ0n) is 37.1. The first kappa shape index (κ1) is 46.9. The van der Waals surface area contributed by atoms with Crippen LogP contribution in [0.2, 0.25) is 0 Å². The van der Waals surface area contributed by atoms with Crippen molar-refractivity contribution in [3.05, 3.63) is 86.5 Å². The van der Waals surface area contributed by atoms with Crippen LogP contribution in [0, 0.1) is 41.5 Å². The van der Waals surface area contributed by atoms with Crippen LogP contribution in [0.25, 0.3) is 0 Å². The first-order valence-electron chi connectivity index (χ1n) is 22.8. The molecular formula is C51H81O3P. The molecule has 55 heavy (non-hydrogen) atoms. The first-order valence-corrected chi connectivity index (χ1v) is 23.9. The summed E-state index contributed by atoms with van der Waals surface area (Å²) in [6, 6.07) is 13.9. The molecule has 0 N–H and O–H groups in total. The maximum atomic E-state index is 6.86. The van der Waals surface area contributed by atoms with Gasteiger partial charge in [-0.1, -0.05) is 173 Å². The van der Waals surface area contributed by atoms with Crippen LogP contribution < -0.4 is 13.6 Å². The molecule has 0 unspecified atom stereocenters. The second kappa shape index (κ2) is 27.2. The van der Waals surface area contributed by atoms with E-state index in [0.29, 0.717) is 0 Å². The lowest BCUT2D eigenvalue weighted by molar-refractivity contribution is 0.381. The van der Waals surface area contributed by atoms with Gasteiger partial charge in [0.2, 0.25) is 0 Å². The first-order chi connectivity index (χ1) is 26.7. The van der Waals surface area contributed by atoms with Crippen LogP contribution >= 0.6 is 8.60 Å². The van der Waals surface area contributed by atoms with E-state index in [-0.39, 0.29) is 0 Å². The quantitative estimate of drug-likeness (QED) is 0.0499. The monoisotopic (exact) mass is 773 g/mol. The van der Waals surface area contributed by atoms with E-state index >= 15 is 0 Å². The van der Waals surface area contributed by atoms with Crippen molar-refractivity contribution < 1.29 is 13.6 Å². The number of hydrogen-bond acceptors (Lipinski definition) is 3. The van der Waals surface area contributed by atoms with E-state index in [2.05, 4.69) is 98.7 Å². The Hall–Kier alpha value is -2.51. The van der Waals surface area contributed by atoms with Gasteiger partial charge in [-0.2, -0.15) is 0 Å². The number of benzene rings is 3. The fourth-order valence-corrected chi connectivity index (χ4v) is 9.55. The molecule has 0 spiro atoms. The Balaban J connectivity index is 1.77. The highest BCUT2D eigenvalue weighted by Gasteiger charge is 2.26. The molecule has 0 aliphatic carbocycles. The number of unbranched alkanes of at least 4 members (excludes halogenated alkanes) is 18. The van der Waals surface area contributed by atoms with Crippen molar-refractivity contribution in [1.29, 1.82) is 0 Å². The van der Waals surface area contributed by atoms with E-state index < -0.39 is 8.60 Å². The standard InChI is InChI=1S/C51H81O3P/c1-10-13-16-19-22-25-28-31-46-34-40(4)49(41(5)35-46)52-55(53-50-42(6)36-47(37-43(50)7)32-29-26-23-20-17-14-11-2)54-51-44(8)38-48(39-45(51)9)33-30-27-24-21-18-15-12-3/h34-39H,10-33H2,1-9H3. The number of aryl methyl sites for hydroxylation is 9. The number of hydrogen-bond donors (Lipinski definition) is 0. The molecule has 0 radical (unpaired) electrons.